The van der Waals surface area contributed by atoms with E-state index >= 15 is 0 Å². The molecule has 2 aromatic rings. The SMILES string of the molecule is FC(F)(F)CCc1ccccc1Oc1ccccc1. The van der Waals surface area contributed by atoms with E-state index in [0.29, 0.717) is 17.1 Å². The molecule has 0 saturated carbocycles. The molecular formula is C15H13F3O. The minimum atomic E-state index is -4.15. The van der Waals surface area contributed by atoms with E-state index < -0.39 is 12.6 Å². The van der Waals surface area contributed by atoms with Crippen LogP contribution < -0.4 is 4.74 Å². The second-order valence-corrected chi connectivity index (χ2v) is 4.14. The fourth-order valence-corrected chi connectivity index (χ4v) is 1.70. The normalized spacial score (nSPS) is 11.3. The van der Waals surface area contributed by atoms with Crippen molar-refractivity contribution < 1.29 is 17.9 Å². The molecule has 1 nitrogen and oxygen atoms in total. The molecule has 0 heterocycles. The lowest BCUT2D eigenvalue weighted by Crippen LogP contribution is -2.08. The molecule has 4 heteroatoms. The van der Waals surface area contributed by atoms with Crippen molar-refractivity contribution in [1.82, 2.24) is 0 Å². The molecule has 0 radical (unpaired) electrons. The van der Waals surface area contributed by atoms with Gasteiger partial charge in [-0.2, -0.15) is 13.2 Å². The number of alkyl halides is 3. The highest BCUT2D eigenvalue weighted by molar-refractivity contribution is 5.37. The van der Waals surface area contributed by atoms with Crippen molar-refractivity contribution in [3.8, 4) is 11.5 Å². The Morgan fingerprint density at radius 3 is 2.16 bits per heavy atom. The summed E-state index contributed by atoms with van der Waals surface area (Å²) in [5.41, 5.74) is 0.559. The smallest absolute Gasteiger partial charge is 0.389 e. The van der Waals surface area contributed by atoms with Gasteiger partial charge in [-0.3, -0.25) is 0 Å². The number of rotatable bonds is 4. The molecule has 100 valence electrons. The Kier molecular flexibility index (Phi) is 4.10. The van der Waals surface area contributed by atoms with Crippen molar-refractivity contribution in [2.24, 2.45) is 0 Å². The number of para-hydroxylation sites is 2. The van der Waals surface area contributed by atoms with Crippen molar-refractivity contribution in [2.45, 2.75) is 19.0 Å². The predicted octanol–water partition coefficient (Wildman–Crippen LogP) is 4.97. The van der Waals surface area contributed by atoms with Gasteiger partial charge in [0.25, 0.3) is 0 Å². The maximum Gasteiger partial charge on any atom is 0.389 e. The van der Waals surface area contributed by atoms with Gasteiger partial charge in [0, 0.05) is 6.42 Å². The molecule has 0 spiro atoms. The van der Waals surface area contributed by atoms with Crippen LogP contribution >= 0.6 is 0 Å². The van der Waals surface area contributed by atoms with Gasteiger partial charge >= 0.3 is 6.18 Å². The highest BCUT2D eigenvalue weighted by Crippen LogP contribution is 2.29. The van der Waals surface area contributed by atoms with Gasteiger partial charge in [-0.25, -0.2) is 0 Å². The van der Waals surface area contributed by atoms with E-state index in [1.807, 2.05) is 18.2 Å². The average molecular weight is 266 g/mol. The Labute approximate surface area is 109 Å². The third kappa shape index (κ3) is 4.32. The van der Waals surface area contributed by atoms with Gasteiger partial charge in [0.05, 0.1) is 0 Å². The molecule has 0 N–H and O–H groups in total. The number of benzene rings is 2. The number of ether oxygens (including phenoxy) is 1. The van der Waals surface area contributed by atoms with Gasteiger partial charge in [-0.1, -0.05) is 36.4 Å². The Balaban J connectivity index is 2.12. The highest BCUT2D eigenvalue weighted by atomic mass is 19.4. The van der Waals surface area contributed by atoms with Crippen LogP contribution in [0.15, 0.2) is 54.6 Å². The van der Waals surface area contributed by atoms with E-state index in [-0.39, 0.29) is 6.42 Å². The van der Waals surface area contributed by atoms with Crippen LogP contribution in [0, 0.1) is 0 Å². The Bertz CT molecular complexity index is 520. The first-order valence-corrected chi connectivity index (χ1v) is 5.92. The van der Waals surface area contributed by atoms with Crippen LogP contribution in [0.25, 0.3) is 0 Å². The Morgan fingerprint density at radius 2 is 1.47 bits per heavy atom. The van der Waals surface area contributed by atoms with Crippen molar-refractivity contribution in [3.63, 3.8) is 0 Å². The van der Waals surface area contributed by atoms with E-state index in [2.05, 4.69) is 0 Å². The molecule has 0 aliphatic heterocycles. The van der Waals surface area contributed by atoms with Crippen LogP contribution in [-0.2, 0) is 6.42 Å². The van der Waals surface area contributed by atoms with Crippen LogP contribution in [0.2, 0.25) is 0 Å². The van der Waals surface area contributed by atoms with Gasteiger partial charge < -0.3 is 4.74 Å². The summed E-state index contributed by atoms with van der Waals surface area (Å²) in [6.07, 6.45) is -5.07. The van der Waals surface area contributed by atoms with Gasteiger partial charge in [0.15, 0.2) is 0 Å². The topological polar surface area (TPSA) is 9.23 Å². The summed E-state index contributed by atoms with van der Waals surface area (Å²) in [4.78, 5) is 0. The van der Waals surface area contributed by atoms with Gasteiger partial charge in [0.2, 0.25) is 0 Å². The first kappa shape index (κ1) is 13.5. The summed E-state index contributed by atoms with van der Waals surface area (Å²) in [7, 11) is 0. The molecule has 0 fully saturated rings. The number of aryl methyl sites for hydroxylation is 1. The summed E-state index contributed by atoms with van der Waals surface area (Å²) in [5, 5.41) is 0. The van der Waals surface area contributed by atoms with E-state index in [1.54, 1.807) is 36.4 Å². The third-order valence-electron chi connectivity index (χ3n) is 2.62. The fourth-order valence-electron chi connectivity index (χ4n) is 1.70. The lowest BCUT2D eigenvalue weighted by Gasteiger charge is -2.12. The molecule has 0 aromatic heterocycles. The van der Waals surface area contributed by atoms with Crippen LogP contribution in [0.1, 0.15) is 12.0 Å². The molecule has 2 aromatic carbocycles. The average Bonchev–Trinajstić information content (AvgIpc) is 2.38. The highest BCUT2D eigenvalue weighted by Gasteiger charge is 2.27. The maximum atomic E-state index is 12.3. The van der Waals surface area contributed by atoms with Crippen LogP contribution in [0.5, 0.6) is 11.5 Å². The molecule has 0 unspecified atom stereocenters. The van der Waals surface area contributed by atoms with Crippen molar-refractivity contribution in [3.05, 3.63) is 60.2 Å². The molecule has 0 amide bonds. The summed E-state index contributed by atoms with van der Waals surface area (Å²) >= 11 is 0. The summed E-state index contributed by atoms with van der Waals surface area (Å²) in [6, 6.07) is 15.8. The van der Waals surface area contributed by atoms with E-state index in [0.717, 1.165) is 0 Å². The molecule has 0 aliphatic rings. The second kappa shape index (κ2) is 5.78. The monoisotopic (exact) mass is 266 g/mol. The quantitative estimate of drug-likeness (QED) is 0.758. The van der Waals surface area contributed by atoms with Crippen LogP contribution in [0.4, 0.5) is 13.2 Å². The van der Waals surface area contributed by atoms with E-state index in [1.165, 1.54) is 0 Å². The van der Waals surface area contributed by atoms with Crippen molar-refractivity contribution >= 4 is 0 Å². The standard InChI is InChI=1S/C15H13F3O/c16-15(17,18)11-10-12-6-4-5-9-14(12)19-13-7-2-1-3-8-13/h1-9H,10-11H2. The van der Waals surface area contributed by atoms with Crippen molar-refractivity contribution in [2.75, 3.05) is 0 Å². The molecular weight excluding hydrogens is 253 g/mol. The molecule has 2 rings (SSSR count). The van der Waals surface area contributed by atoms with Crippen LogP contribution in [0.3, 0.4) is 0 Å². The Hall–Kier alpha value is -1.97. The van der Waals surface area contributed by atoms with E-state index in [4.69, 9.17) is 4.74 Å². The fraction of sp³-hybridized carbons (Fsp3) is 0.200. The summed E-state index contributed by atoms with van der Waals surface area (Å²) in [5.74, 6) is 1.08. The zero-order chi connectivity index (χ0) is 13.7. The first-order valence-electron chi connectivity index (χ1n) is 5.92. The number of hydrogen-bond acceptors (Lipinski definition) is 1. The molecule has 19 heavy (non-hydrogen) atoms. The van der Waals surface area contributed by atoms with E-state index in [9.17, 15) is 13.2 Å². The minimum Gasteiger partial charge on any atom is -0.457 e. The molecule has 0 atom stereocenters. The summed E-state index contributed by atoms with van der Waals surface area (Å²) < 4.78 is 42.4. The van der Waals surface area contributed by atoms with Gasteiger partial charge in [-0.05, 0) is 30.2 Å². The first-order chi connectivity index (χ1) is 9.04. The molecule has 0 bridgehead atoms. The van der Waals surface area contributed by atoms with Crippen LogP contribution in [-0.4, -0.2) is 6.18 Å². The lowest BCUT2D eigenvalue weighted by molar-refractivity contribution is -0.134. The third-order valence-corrected chi connectivity index (χ3v) is 2.62. The predicted molar refractivity (Wildman–Crippen MR) is 67.3 cm³/mol. The molecule has 0 saturated heterocycles. The summed E-state index contributed by atoms with van der Waals surface area (Å²) in [6.45, 7) is 0. The number of hydrogen-bond donors (Lipinski definition) is 0. The maximum absolute atomic E-state index is 12.3. The largest absolute Gasteiger partial charge is 0.457 e. The van der Waals surface area contributed by atoms with Crippen molar-refractivity contribution in [1.29, 1.82) is 0 Å². The molecule has 0 aliphatic carbocycles. The minimum absolute atomic E-state index is 0.0769. The van der Waals surface area contributed by atoms with Gasteiger partial charge in [-0.15, -0.1) is 0 Å². The lowest BCUT2D eigenvalue weighted by atomic mass is 10.1. The Morgan fingerprint density at radius 1 is 0.842 bits per heavy atom. The zero-order valence-electron chi connectivity index (χ0n) is 10.2. The van der Waals surface area contributed by atoms with Gasteiger partial charge in [0.1, 0.15) is 11.5 Å². The zero-order valence-corrected chi connectivity index (χ0v) is 10.2. The number of halogens is 3. The second-order valence-electron chi connectivity index (χ2n) is 4.14.